The molecule has 1 heterocycles. The molecule has 0 saturated heterocycles. The van der Waals surface area contributed by atoms with Gasteiger partial charge in [-0.05, 0) is 45.4 Å². The molecule has 0 radical (unpaired) electrons. The van der Waals surface area contributed by atoms with E-state index in [2.05, 4.69) is 17.1 Å². The van der Waals surface area contributed by atoms with E-state index < -0.39 is 0 Å². The Balaban J connectivity index is 1.97. The first-order chi connectivity index (χ1) is 9.57. The van der Waals surface area contributed by atoms with Gasteiger partial charge in [0.25, 0.3) is 0 Å². The van der Waals surface area contributed by atoms with Gasteiger partial charge >= 0.3 is 0 Å². The highest BCUT2D eigenvalue weighted by Gasteiger charge is 2.40. The maximum atomic E-state index is 5.77. The number of hydrogen-bond donors (Lipinski definition) is 1. The van der Waals surface area contributed by atoms with E-state index in [9.17, 15) is 0 Å². The molecule has 1 aliphatic rings. The van der Waals surface area contributed by atoms with Crippen LogP contribution in [0, 0.1) is 0 Å². The largest absolute Gasteiger partial charge is 0.370 e. The van der Waals surface area contributed by atoms with Gasteiger partial charge < -0.3 is 15.0 Å². The van der Waals surface area contributed by atoms with Gasteiger partial charge in [-0.2, -0.15) is 4.98 Å². The van der Waals surface area contributed by atoms with Gasteiger partial charge in [-0.25, -0.2) is 0 Å². The summed E-state index contributed by atoms with van der Waals surface area (Å²) in [6.07, 6.45) is 7.47. The second kappa shape index (κ2) is 6.68. The molecule has 5 nitrogen and oxygen atoms in total. The van der Waals surface area contributed by atoms with Crippen LogP contribution in [-0.4, -0.2) is 23.3 Å². The molecule has 0 bridgehead atoms. The number of hydrogen-bond acceptors (Lipinski definition) is 5. The fraction of sp³-hybridized carbons (Fsp3) is 0.867. The molecule has 0 aliphatic heterocycles. The van der Waals surface area contributed by atoms with Crippen LogP contribution in [0.15, 0.2) is 4.52 Å². The van der Waals surface area contributed by atoms with Crippen molar-refractivity contribution < 1.29 is 9.26 Å². The minimum Gasteiger partial charge on any atom is -0.370 e. The summed E-state index contributed by atoms with van der Waals surface area (Å²) in [5, 5.41) is 4.17. The molecule has 0 amide bonds. The van der Waals surface area contributed by atoms with Crippen molar-refractivity contribution in [3.8, 4) is 0 Å². The van der Waals surface area contributed by atoms with Gasteiger partial charge in [0, 0.05) is 19.1 Å². The highest BCUT2D eigenvalue weighted by Crippen LogP contribution is 2.40. The Morgan fingerprint density at radius 3 is 2.60 bits per heavy atom. The van der Waals surface area contributed by atoms with Crippen LogP contribution in [0.1, 0.15) is 76.4 Å². The molecule has 0 spiro atoms. The summed E-state index contributed by atoms with van der Waals surface area (Å²) in [6.45, 7) is 4.17. The molecule has 5 heteroatoms. The Hall–Kier alpha value is -0.940. The van der Waals surface area contributed by atoms with Crippen molar-refractivity contribution in [1.82, 2.24) is 10.1 Å². The predicted molar refractivity (Wildman–Crippen MR) is 77.4 cm³/mol. The molecule has 1 fully saturated rings. The molecule has 2 unspecified atom stereocenters. The number of nitrogens with zero attached hydrogens (tertiary/aromatic N) is 2. The maximum Gasteiger partial charge on any atom is 0.229 e. The summed E-state index contributed by atoms with van der Waals surface area (Å²) in [5.41, 5.74) is 5.46. The van der Waals surface area contributed by atoms with Crippen molar-refractivity contribution in [3.05, 3.63) is 11.7 Å². The zero-order valence-electron chi connectivity index (χ0n) is 12.9. The lowest BCUT2D eigenvalue weighted by Gasteiger charge is -2.22. The molecule has 114 valence electrons. The van der Waals surface area contributed by atoms with Crippen molar-refractivity contribution >= 4 is 0 Å². The van der Waals surface area contributed by atoms with E-state index in [0.717, 1.165) is 43.8 Å². The molecule has 1 aromatic heterocycles. The molecular formula is C15H27N3O2. The van der Waals surface area contributed by atoms with E-state index in [-0.39, 0.29) is 17.6 Å². The van der Waals surface area contributed by atoms with E-state index >= 15 is 0 Å². The molecular weight excluding hydrogens is 254 g/mol. The predicted octanol–water partition coefficient (Wildman–Crippen LogP) is 3.11. The van der Waals surface area contributed by atoms with Gasteiger partial charge in [-0.15, -0.1) is 0 Å². The van der Waals surface area contributed by atoms with Crippen LogP contribution in [0.4, 0.5) is 0 Å². The average Bonchev–Trinajstić information content (AvgIpc) is 3.08. The number of methoxy groups -OCH3 is 1. The Morgan fingerprint density at radius 2 is 2.00 bits per heavy atom. The van der Waals surface area contributed by atoms with Crippen molar-refractivity contribution in [2.24, 2.45) is 5.73 Å². The quantitative estimate of drug-likeness (QED) is 0.831. The lowest BCUT2D eigenvalue weighted by Crippen LogP contribution is -2.26. The van der Waals surface area contributed by atoms with E-state index in [1.54, 1.807) is 7.11 Å². The number of rotatable bonds is 7. The minimum atomic E-state index is -0.312. The average molecular weight is 281 g/mol. The summed E-state index contributed by atoms with van der Waals surface area (Å²) < 4.78 is 11.1. The van der Waals surface area contributed by atoms with Crippen molar-refractivity contribution in [2.45, 2.75) is 76.4 Å². The minimum absolute atomic E-state index is 0.260. The standard InChI is InChI=1S/C15H27N3O2/c1-11(7-6-8-12(2)16)13-17-14(18-20-13)15(19-3)9-4-5-10-15/h11-12H,4-10,16H2,1-3H3. The fourth-order valence-electron chi connectivity index (χ4n) is 2.96. The third kappa shape index (κ3) is 3.38. The van der Waals surface area contributed by atoms with E-state index in [1.165, 1.54) is 12.8 Å². The van der Waals surface area contributed by atoms with Gasteiger partial charge in [-0.3, -0.25) is 0 Å². The van der Waals surface area contributed by atoms with Crippen molar-refractivity contribution in [3.63, 3.8) is 0 Å². The zero-order valence-corrected chi connectivity index (χ0v) is 12.9. The summed E-state index contributed by atoms with van der Waals surface area (Å²) in [6, 6.07) is 0.260. The van der Waals surface area contributed by atoms with Crippen LogP contribution in [0.5, 0.6) is 0 Å². The highest BCUT2D eigenvalue weighted by molar-refractivity contribution is 5.05. The molecule has 0 aromatic carbocycles. The van der Waals surface area contributed by atoms with Crippen molar-refractivity contribution in [1.29, 1.82) is 0 Å². The summed E-state index contributed by atoms with van der Waals surface area (Å²) >= 11 is 0. The lowest BCUT2D eigenvalue weighted by molar-refractivity contribution is -0.0178. The summed E-state index contributed by atoms with van der Waals surface area (Å²) in [5.74, 6) is 1.74. The summed E-state index contributed by atoms with van der Waals surface area (Å²) in [7, 11) is 1.74. The maximum absolute atomic E-state index is 5.77. The molecule has 2 atom stereocenters. The number of nitrogens with two attached hydrogens (primary N) is 1. The van der Waals surface area contributed by atoms with Crippen LogP contribution < -0.4 is 5.73 Å². The Morgan fingerprint density at radius 1 is 1.30 bits per heavy atom. The van der Waals surface area contributed by atoms with Gasteiger partial charge in [0.15, 0.2) is 0 Å². The zero-order chi connectivity index (χ0) is 14.6. The Bertz CT molecular complexity index is 411. The molecule has 1 saturated carbocycles. The highest BCUT2D eigenvalue weighted by atomic mass is 16.5. The van der Waals surface area contributed by atoms with E-state index in [1.807, 2.05) is 6.92 Å². The smallest absolute Gasteiger partial charge is 0.229 e. The topological polar surface area (TPSA) is 74.2 Å². The molecule has 1 aromatic rings. The lowest BCUT2D eigenvalue weighted by atomic mass is 10.0. The van der Waals surface area contributed by atoms with Crippen LogP contribution in [0.2, 0.25) is 0 Å². The second-order valence-corrected chi connectivity index (χ2v) is 6.17. The molecule has 1 aliphatic carbocycles. The second-order valence-electron chi connectivity index (χ2n) is 6.17. The Labute approximate surface area is 121 Å². The van der Waals surface area contributed by atoms with Gasteiger partial charge in [0.2, 0.25) is 11.7 Å². The first kappa shape index (κ1) is 15.4. The van der Waals surface area contributed by atoms with Gasteiger partial charge in [0.1, 0.15) is 5.60 Å². The van der Waals surface area contributed by atoms with Crippen LogP contribution >= 0.6 is 0 Å². The third-order valence-corrected chi connectivity index (χ3v) is 4.37. The number of aromatic nitrogens is 2. The third-order valence-electron chi connectivity index (χ3n) is 4.37. The van der Waals surface area contributed by atoms with Gasteiger partial charge in [0.05, 0.1) is 0 Å². The van der Waals surface area contributed by atoms with Crippen LogP contribution in [-0.2, 0) is 10.3 Å². The van der Waals surface area contributed by atoms with Crippen LogP contribution in [0.3, 0.4) is 0 Å². The summed E-state index contributed by atoms with van der Waals surface area (Å²) in [4.78, 5) is 4.60. The molecule has 2 N–H and O–H groups in total. The van der Waals surface area contributed by atoms with E-state index in [4.69, 9.17) is 15.0 Å². The number of ether oxygens (including phenoxy) is 1. The van der Waals surface area contributed by atoms with Crippen molar-refractivity contribution in [2.75, 3.05) is 7.11 Å². The normalized spacial score (nSPS) is 21.0. The first-order valence-electron chi connectivity index (χ1n) is 7.72. The molecule has 20 heavy (non-hydrogen) atoms. The fourth-order valence-corrected chi connectivity index (χ4v) is 2.96. The van der Waals surface area contributed by atoms with Gasteiger partial charge in [-0.1, -0.05) is 18.5 Å². The van der Waals surface area contributed by atoms with Crippen LogP contribution in [0.25, 0.3) is 0 Å². The monoisotopic (exact) mass is 281 g/mol. The first-order valence-corrected chi connectivity index (χ1v) is 7.72. The van der Waals surface area contributed by atoms with E-state index in [0.29, 0.717) is 0 Å². The Kier molecular flexibility index (Phi) is 5.16. The SMILES string of the molecule is COC1(c2noc(C(C)CCCC(C)N)n2)CCCC1. The molecule has 2 rings (SSSR count).